The summed E-state index contributed by atoms with van der Waals surface area (Å²) in [6, 6.07) is 4.14. The van der Waals surface area contributed by atoms with Crippen molar-refractivity contribution in [3.8, 4) is 5.75 Å². The van der Waals surface area contributed by atoms with Crippen molar-refractivity contribution in [3.05, 3.63) is 61.8 Å². The normalized spacial score (nSPS) is 13.0. The molecule has 1 N–H and O–H groups in total. The van der Waals surface area contributed by atoms with E-state index in [1.54, 1.807) is 14.1 Å². The van der Waals surface area contributed by atoms with Gasteiger partial charge in [-0.2, -0.15) is 0 Å². The van der Waals surface area contributed by atoms with Gasteiger partial charge >= 0.3 is 29.6 Å². The minimum atomic E-state index is -0.816. The van der Waals surface area contributed by atoms with Crippen LogP contribution in [0, 0.1) is 5.82 Å². The molecular formula is C19H20ClFN3NaO4. The number of halogens is 2. The molecule has 10 heteroatoms. The molecule has 2 aromatic rings. The molecule has 2 amide bonds. The number of carbonyl (C=O) groups is 2. The minimum absolute atomic E-state index is 0. The van der Waals surface area contributed by atoms with Gasteiger partial charge in [-0.1, -0.05) is 17.7 Å². The maximum absolute atomic E-state index is 13.4. The van der Waals surface area contributed by atoms with E-state index in [-0.39, 0.29) is 66.8 Å². The number of hydrogen-bond acceptors (Lipinski definition) is 4. The van der Waals surface area contributed by atoms with Crippen molar-refractivity contribution < 1.29 is 50.1 Å². The van der Waals surface area contributed by atoms with E-state index >= 15 is 0 Å². The monoisotopic (exact) mass is 431 g/mol. The van der Waals surface area contributed by atoms with Crippen LogP contribution in [0.4, 0.5) is 4.39 Å². The summed E-state index contributed by atoms with van der Waals surface area (Å²) < 4.78 is 14.4. The van der Waals surface area contributed by atoms with E-state index in [9.17, 15) is 23.9 Å². The summed E-state index contributed by atoms with van der Waals surface area (Å²) in [7, 11) is 4.47. The van der Waals surface area contributed by atoms with Gasteiger partial charge in [-0.3, -0.25) is 14.4 Å². The Morgan fingerprint density at radius 1 is 1.34 bits per heavy atom. The van der Waals surface area contributed by atoms with Crippen molar-refractivity contribution in [1.82, 2.24) is 14.4 Å². The largest absolute Gasteiger partial charge is 1.00 e. The Kier molecular flexibility index (Phi) is 7.16. The van der Waals surface area contributed by atoms with Crippen molar-refractivity contribution in [3.63, 3.8) is 0 Å². The molecule has 0 aliphatic carbocycles. The molecule has 7 nitrogen and oxygen atoms in total. The number of hydrogen-bond donors (Lipinski definition) is 1. The molecular weight excluding hydrogens is 412 g/mol. The molecule has 1 aliphatic heterocycles. The third kappa shape index (κ3) is 4.21. The fourth-order valence-electron chi connectivity index (χ4n) is 3.30. The van der Waals surface area contributed by atoms with Gasteiger partial charge in [-0.25, -0.2) is 4.39 Å². The molecule has 0 saturated carbocycles. The number of rotatable bonds is 3. The molecule has 1 aromatic heterocycles. The van der Waals surface area contributed by atoms with Gasteiger partial charge in [0, 0.05) is 39.8 Å². The number of aromatic hydroxyl groups is 1. The van der Waals surface area contributed by atoms with E-state index in [0.717, 1.165) is 4.57 Å². The molecule has 1 aliphatic rings. The Bertz CT molecular complexity index is 1060. The van der Waals surface area contributed by atoms with E-state index in [0.29, 0.717) is 11.1 Å². The predicted molar refractivity (Wildman–Crippen MR) is 102 cm³/mol. The summed E-state index contributed by atoms with van der Waals surface area (Å²) in [6.45, 7) is 0.399. The van der Waals surface area contributed by atoms with Crippen LogP contribution in [0.2, 0.25) is 5.02 Å². The van der Waals surface area contributed by atoms with Crippen LogP contribution in [0.1, 0.15) is 33.4 Å². The van der Waals surface area contributed by atoms with E-state index < -0.39 is 28.9 Å². The van der Waals surface area contributed by atoms with Gasteiger partial charge in [-0.15, -0.1) is 0 Å². The number of benzene rings is 1. The summed E-state index contributed by atoms with van der Waals surface area (Å²) in [4.78, 5) is 40.7. The van der Waals surface area contributed by atoms with Gasteiger partial charge in [0.15, 0.2) is 5.75 Å². The van der Waals surface area contributed by atoms with Crippen molar-refractivity contribution in [2.75, 3.05) is 20.6 Å². The van der Waals surface area contributed by atoms with Crippen LogP contribution in [-0.4, -0.2) is 51.9 Å². The molecule has 0 radical (unpaired) electrons. The van der Waals surface area contributed by atoms with Crippen molar-refractivity contribution in [2.24, 2.45) is 7.05 Å². The van der Waals surface area contributed by atoms with E-state index in [1.807, 2.05) is 0 Å². The second-order valence-electron chi connectivity index (χ2n) is 6.84. The molecule has 0 spiro atoms. The van der Waals surface area contributed by atoms with Crippen molar-refractivity contribution in [1.29, 1.82) is 0 Å². The smallest absolute Gasteiger partial charge is 1.00 e. The molecule has 0 unspecified atom stereocenters. The Morgan fingerprint density at radius 2 is 2.00 bits per heavy atom. The van der Waals surface area contributed by atoms with E-state index in [1.165, 1.54) is 35.0 Å². The number of fused-ring (bicyclic) bond motifs is 1. The molecule has 150 valence electrons. The molecule has 29 heavy (non-hydrogen) atoms. The number of nitrogens with zero attached hydrogens (tertiary/aromatic N) is 3. The van der Waals surface area contributed by atoms with Gasteiger partial charge in [0.05, 0.1) is 10.6 Å². The minimum Gasteiger partial charge on any atom is -1.00 e. The van der Waals surface area contributed by atoms with Gasteiger partial charge in [-0.05, 0) is 24.1 Å². The van der Waals surface area contributed by atoms with Crippen LogP contribution in [0.15, 0.2) is 23.0 Å². The summed E-state index contributed by atoms with van der Waals surface area (Å²) in [5, 5.41) is 10.3. The summed E-state index contributed by atoms with van der Waals surface area (Å²) >= 11 is 5.79. The summed E-state index contributed by atoms with van der Waals surface area (Å²) in [5.41, 5.74) is 0.0603. The fourth-order valence-corrected chi connectivity index (χ4v) is 3.51. The zero-order valence-corrected chi connectivity index (χ0v) is 19.4. The molecule has 3 rings (SSSR count). The first-order chi connectivity index (χ1) is 13.1. The fraction of sp³-hybridized carbons (Fsp3) is 0.316. The Morgan fingerprint density at radius 3 is 2.59 bits per heavy atom. The topological polar surface area (TPSA) is 82.9 Å². The Hall–Kier alpha value is -1.87. The van der Waals surface area contributed by atoms with Gasteiger partial charge < -0.3 is 20.9 Å². The molecule has 0 atom stereocenters. The van der Waals surface area contributed by atoms with Crippen LogP contribution in [0.25, 0.3) is 0 Å². The Balaban J connectivity index is 0.00000225. The van der Waals surface area contributed by atoms with Gasteiger partial charge in [0.2, 0.25) is 0 Å². The van der Waals surface area contributed by atoms with Gasteiger partial charge in [0.25, 0.3) is 17.4 Å². The Labute approximate surface area is 195 Å². The second-order valence-corrected chi connectivity index (χ2v) is 7.25. The van der Waals surface area contributed by atoms with Crippen molar-refractivity contribution in [2.45, 2.75) is 13.0 Å². The zero-order chi connectivity index (χ0) is 20.7. The number of aromatic nitrogens is 1. The zero-order valence-electron chi connectivity index (χ0n) is 17.6. The maximum atomic E-state index is 13.4. The average Bonchev–Trinajstić information content (AvgIpc) is 2.64. The van der Waals surface area contributed by atoms with Crippen molar-refractivity contribution >= 4 is 23.4 Å². The van der Waals surface area contributed by atoms with Crippen LogP contribution >= 0.6 is 11.6 Å². The molecule has 1 aromatic carbocycles. The third-order valence-electron chi connectivity index (χ3n) is 4.77. The second kappa shape index (κ2) is 8.87. The SMILES string of the molecule is CN(C)C(=O)c1c2c(c(O)c(=O)n1C)C(=O)N(Cc1ccc(F)c(Cl)c1)CC2.[H-].[Na+]. The molecule has 2 heterocycles. The first-order valence-electron chi connectivity index (χ1n) is 8.53. The first-order valence-corrected chi connectivity index (χ1v) is 8.91. The standard InChI is InChI=1S/C19H19ClFN3O4.Na.H/c1-22(2)18(27)15-11-6-7-24(9-10-4-5-13(21)12(20)8-10)17(26)14(11)16(25)19(28)23(15)3;;/h4-5,8,25H,6-7,9H2,1-3H3;;/q;+1;-1. The van der Waals surface area contributed by atoms with Crippen LogP contribution in [0.5, 0.6) is 5.75 Å². The van der Waals surface area contributed by atoms with Crippen LogP contribution < -0.4 is 35.1 Å². The third-order valence-corrected chi connectivity index (χ3v) is 5.06. The summed E-state index contributed by atoms with van der Waals surface area (Å²) in [6.07, 6.45) is 0.284. The van der Waals surface area contributed by atoms with E-state index in [4.69, 9.17) is 11.6 Å². The molecule has 0 bridgehead atoms. The van der Waals surface area contributed by atoms with Crippen LogP contribution in [0.3, 0.4) is 0 Å². The maximum Gasteiger partial charge on any atom is 1.00 e. The molecule has 0 fully saturated rings. The van der Waals surface area contributed by atoms with Gasteiger partial charge in [0.1, 0.15) is 11.5 Å². The first kappa shape index (κ1) is 23.4. The number of pyridine rings is 1. The van der Waals surface area contributed by atoms with E-state index in [2.05, 4.69) is 0 Å². The van der Waals surface area contributed by atoms with Crippen LogP contribution in [-0.2, 0) is 20.0 Å². The predicted octanol–water partition coefficient (Wildman–Crippen LogP) is -1.10. The number of carbonyl (C=O) groups excluding carboxylic acids is 2. The summed E-state index contributed by atoms with van der Waals surface area (Å²) in [5.74, 6) is -2.24. The number of amides is 2. The molecule has 0 saturated heterocycles. The average molecular weight is 432 g/mol. The quantitative estimate of drug-likeness (QED) is 0.625.